The third-order valence-electron chi connectivity index (χ3n) is 4.92. The van der Waals surface area contributed by atoms with Crippen LogP contribution in [-0.4, -0.2) is 37.7 Å². The number of carbonyl (C=O) groups excluding carboxylic acids is 2. The predicted octanol–water partition coefficient (Wildman–Crippen LogP) is 4.12. The third-order valence-corrected chi connectivity index (χ3v) is 6.06. The van der Waals surface area contributed by atoms with Crippen LogP contribution in [0.4, 0.5) is 16.2 Å². The second kappa shape index (κ2) is 8.24. The van der Waals surface area contributed by atoms with E-state index in [1.54, 1.807) is 16.7 Å². The summed E-state index contributed by atoms with van der Waals surface area (Å²) in [6.45, 7) is 3.77. The van der Waals surface area contributed by atoms with Gasteiger partial charge in [-0.2, -0.15) is 0 Å². The van der Waals surface area contributed by atoms with Gasteiger partial charge in [0.1, 0.15) is 0 Å². The molecular weight excluding hydrogens is 374 g/mol. The van der Waals surface area contributed by atoms with Crippen molar-refractivity contribution in [3.63, 3.8) is 0 Å². The first-order valence-electron chi connectivity index (χ1n) is 9.55. The zero-order chi connectivity index (χ0) is 19.5. The summed E-state index contributed by atoms with van der Waals surface area (Å²) >= 11 is 1.57. The Bertz CT molecular complexity index is 896. The highest BCUT2D eigenvalue weighted by atomic mass is 32.2. The van der Waals surface area contributed by atoms with Gasteiger partial charge in [0.15, 0.2) is 0 Å². The molecule has 146 valence electrons. The zero-order valence-electron chi connectivity index (χ0n) is 15.7. The number of carbonyl (C=O) groups is 2. The summed E-state index contributed by atoms with van der Waals surface area (Å²) < 4.78 is 5.52. The number of hydrogen-bond acceptors (Lipinski definition) is 4. The molecule has 0 spiro atoms. The molecule has 2 aromatic carbocycles. The summed E-state index contributed by atoms with van der Waals surface area (Å²) in [5, 5.41) is 5.72. The van der Waals surface area contributed by atoms with Crippen LogP contribution in [0.25, 0.3) is 0 Å². The predicted molar refractivity (Wildman–Crippen MR) is 110 cm³/mol. The van der Waals surface area contributed by atoms with E-state index in [0.717, 1.165) is 34.9 Å². The molecule has 1 saturated heterocycles. The molecule has 2 heterocycles. The Labute approximate surface area is 168 Å². The summed E-state index contributed by atoms with van der Waals surface area (Å²) in [5.74, 6) is -0.0238. The first kappa shape index (κ1) is 18.8. The molecule has 7 heteroatoms. The van der Waals surface area contributed by atoms with Crippen molar-refractivity contribution >= 4 is 35.1 Å². The van der Waals surface area contributed by atoms with Crippen molar-refractivity contribution in [2.24, 2.45) is 0 Å². The minimum Gasteiger partial charge on any atom is -0.376 e. The topological polar surface area (TPSA) is 70.7 Å². The van der Waals surface area contributed by atoms with Gasteiger partial charge in [-0.05, 0) is 50.1 Å². The Morgan fingerprint density at radius 2 is 2.11 bits per heavy atom. The fraction of sp³-hybridized carbons (Fsp3) is 0.333. The van der Waals surface area contributed by atoms with Crippen LogP contribution in [0.1, 0.15) is 30.1 Å². The molecule has 1 unspecified atom stereocenters. The molecule has 2 N–H and O–H groups in total. The van der Waals surface area contributed by atoms with Crippen LogP contribution in [0.5, 0.6) is 0 Å². The van der Waals surface area contributed by atoms with E-state index in [2.05, 4.69) is 10.6 Å². The monoisotopic (exact) mass is 397 g/mol. The van der Waals surface area contributed by atoms with E-state index in [1.165, 1.54) is 0 Å². The minimum atomic E-state index is -0.269. The maximum absolute atomic E-state index is 13.0. The molecule has 1 atom stereocenters. The zero-order valence-corrected chi connectivity index (χ0v) is 16.6. The molecule has 0 aromatic heterocycles. The molecule has 6 nitrogen and oxygen atoms in total. The average molecular weight is 398 g/mol. The molecule has 0 saturated carbocycles. The quantitative estimate of drug-likeness (QED) is 0.814. The van der Waals surface area contributed by atoms with E-state index in [-0.39, 0.29) is 18.0 Å². The van der Waals surface area contributed by atoms with Gasteiger partial charge in [0.05, 0.1) is 17.4 Å². The molecule has 0 aliphatic carbocycles. The molecule has 2 aliphatic rings. The Kier molecular flexibility index (Phi) is 5.54. The lowest BCUT2D eigenvalue weighted by Crippen LogP contribution is -2.35. The Morgan fingerprint density at radius 1 is 1.25 bits per heavy atom. The Hall–Kier alpha value is -2.51. The largest absolute Gasteiger partial charge is 0.376 e. The number of rotatable bonds is 4. The van der Waals surface area contributed by atoms with Crippen LogP contribution in [0.2, 0.25) is 0 Å². The van der Waals surface area contributed by atoms with Crippen molar-refractivity contribution in [2.75, 3.05) is 29.9 Å². The number of hydrogen-bond donors (Lipinski definition) is 2. The van der Waals surface area contributed by atoms with Gasteiger partial charge in [0, 0.05) is 35.2 Å². The molecule has 0 bridgehead atoms. The van der Waals surface area contributed by atoms with Crippen LogP contribution >= 0.6 is 11.8 Å². The van der Waals surface area contributed by atoms with Crippen LogP contribution in [0.15, 0.2) is 52.3 Å². The van der Waals surface area contributed by atoms with Crippen molar-refractivity contribution in [3.05, 3.63) is 48.0 Å². The number of amides is 3. The average Bonchev–Trinajstić information content (AvgIpc) is 3.19. The molecule has 0 radical (unpaired) electrons. The molecular formula is C21H23N3O3S. The number of urea groups is 1. The Morgan fingerprint density at radius 3 is 2.89 bits per heavy atom. The fourth-order valence-electron chi connectivity index (χ4n) is 3.50. The van der Waals surface area contributed by atoms with Gasteiger partial charge in [0.25, 0.3) is 5.91 Å². The van der Waals surface area contributed by atoms with Crippen LogP contribution < -0.4 is 15.5 Å². The van der Waals surface area contributed by atoms with Crippen molar-refractivity contribution in [1.82, 2.24) is 5.32 Å². The maximum Gasteiger partial charge on any atom is 0.319 e. The van der Waals surface area contributed by atoms with E-state index < -0.39 is 0 Å². The Balaban J connectivity index is 1.53. The standard InChI is InChI=1S/C21H23N3O3S/c1-2-24-17-12-14(23-21(26)22-13-15-6-5-11-27-15)9-10-19(17)28-18-8-4-3-7-16(18)20(24)25/h3-4,7-10,12,15H,2,5-6,11,13H2,1H3,(H2,22,23,26). The van der Waals surface area contributed by atoms with Gasteiger partial charge in [-0.25, -0.2) is 4.79 Å². The van der Waals surface area contributed by atoms with E-state index in [9.17, 15) is 9.59 Å². The SMILES string of the molecule is CCN1C(=O)c2ccccc2Sc2ccc(NC(=O)NCC3CCCO3)cc21. The van der Waals surface area contributed by atoms with Gasteiger partial charge in [-0.1, -0.05) is 23.9 Å². The van der Waals surface area contributed by atoms with Gasteiger partial charge in [0.2, 0.25) is 0 Å². The normalized spacial score (nSPS) is 18.2. The molecule has 2 aromatic rings. The first-order valence-corrected chi connectivity index (χ1v) is 10.4. The molecule has 3 amide bonds. The van der Waals surface area contributed by atoms with Crippen molar-refractivity contribution in [1.29, 1.82) is 0 Å². The maximum atomic E-state index is 13.0. The molecule has 28 heavy (non-hydrogen) atoms. The minimum absolute atomic E-state index is 0.0238. The number of ether oxygens (including phenoxy) is 1. The highest BCUT2D eigenvalue weighted by molar-refractivity contribution is 7.99. The number of fused-ring (bicyclic) bond motifs is 2. The van der Waals surface area contributed by atoms with Crippen molar-refractivity contribution in [2.45, 2.75) is 35.7 Å². The number of anilines is 2. The van der Waals surface area contributed by atoms with Crippen molar-refractivity contribution < 1.29 is 14.3 Å². The smallest absolute Gasteiger partial charge is 0.319 e. The van der Waals surface area contributed by atoms with Crippen molar-refractivity contribution in [3.8, 4) is 0 Å². The lowest BCUT2D eigenvalue weighted by molar-refractivity contribution is 0.0985. The highest BCUT2D eigenvalue weighted by Crippen LogP contribution is 2.42. The fourth-order valence-corrected chi connectivity index (χ4v) is 4.56. The molecule has 1 fully saturated rings. The molecule has 4 rings (SSSR count). The summed E-state index contributed by atoms with van der Waals surface area (Å²) in [7, 11) is 0. The summed E-state index contributed by atoms with van der Waals surface area (Å²) in [5.41, 5.74) is 2.17. The van der Waals surface area contributed by atoms with E-state index in [4.69, 9.17) is 4.74 Å². The van der Waals surface area contributed by atoms with E-state index in [0.29, 0.717) is 24.3 Å². The summed E-state index contributed by atoms with van der Waals surface area (Å²) in [6.07, 6.45) is 2.12. The summed E-state index contributed by atoms with van der Waals surface area (Å²) in [4.78, 5) is 28.9. The lowest BCUT2D eigenvalue weighted by Gasteiger charge is -2.22. The van der Waals surface area contributed by atoms with E-state index in [1.807, 2.05) is 49.4 Å². The summed E-state index contributed by atoms with van der Waals surface area (Å²) in [6, 6.07) is 13.1. The second-order valence-electron chi connectivity index (χ2n) is 6.80. The van der Waals surface area contributed by atoms with E-state index >= 15 is 0 Å². The highest BCUT2D eigenvalue weighted by Gasteiger charge is 2.26. The molecule has 2 aliphatic heterocycles. The van der Waals surface area contributed by atoms with Crippen LogP contribution in [-0.2, 0) is 4.74 Å². The third kappa shape index (κ3) is 3.86. The lowest BCUT2D eigenvalue weighted by atomic mass is 10.1. The first-order chi connectivity index (χ1) is 13.7. The number of nitrogens with one attached hydrogen (secondary N) is 2. The number of benzene rings is 2. The van der Waals surface area contributed by atoms with Gasteiger partial charge in [-0.3, -0.25) is 4.79 Å². The van der Waals surface area contributed by atoms with Crippen LogP contribution in [0, 0.1) is 0 Å². The number of nitrogens with zero attached hydrogens (tertiary/aromatic N) is 1. The second-order valence-corrected chi connectivity index (χ2v) is 7.88. The van der Waals surface area contributed by atoms with Crippen LogP contribution in [0.3, 0.4) is 0 Å². The van der Waals surface area contributed by atoms with Gasteiger partial charge in [-0.15, -0.1) is 0 Å². The van der Waals surface area contributed by atoms with Gasteiger partial charge < -0.3 is 20.3 Å². The van der Waals surface area contributed by atoms with Gasteiger partial charge >= 0.3 is 6.03 Å².